The van der Waals surface area contributed by atoms with E-state index >= 15 is 0 Å². The van der Waals surface area contributed by atoms with Gasteiger partial charge in [-0.05, 0) is 32.0 Å². The molecular formula is C14H20ClN3O2. The largest absolute Gasteiger partial charge is 0.481 e. The molecule has 1 saturated heterocycles. The molecule has 1 N–H and O–H groups in total. The normalized spacial score (nSPS) is 19.1. The number of amides is 1. The number of nitrogens with zero attached hydrogens (tertiary/aromatic N) is 2. The summed E-state index contributed by atoms with van der Waals surface area (Å²) >= 11 is 5.87. The van der Waals surface area contributed by atoms with Gasteiger partial charge in [-0.15, -0.1) is 0 Å². The second-order valence-electron chi connectivity index (χ2n) is 4.86. The number of hydrogen-bond donors (Lipinski definition) is 1. The monoisotopic (exact) mass is 297 g/mol. The smallest absolute Gasteiger partial charge is 0.251 e. The van der Waals surface area contributed by atoms with Crippen LogP contribution in [0.2, 0.25) is 5.15 Å². The predicted octanol–water partition coefficient (Wildman–Crippen LogP) is 1.96. The minimum Gasteiger partial charge on any atom is -0.481 e. The van der Waals surface area contributed by atoms with E-state index < -0.39 is 0 Å². The molecular weight excluding hydrogens is 278 g/mol. The summed E-state index contributed by atoms with van der Waals surface area (Å²) in [6.45, 7) is 4.95. The summed E-state index contributed by atoms with van der Waals surface area (Å²) in [5, 5.41) is 3.22. The van der Waals surface area contributed by atoms with Crippen LogP contribution in [0.1, 0.15) is 30.1 Å². The maximum atomic E-state index is 12.1. The van der Waals surface area contributed by atoms with E-state index in [1.165, 1.54) is 13.5 Å². The van der Waals surface area contributed by atoms with Crippen molar-refractivity contribution in [2.75, 3.05) is 26.7 Å². The first kappa shape index (κ1) is 15.1. The van der Waals surface area contributed by atoms with E-state index in [4.69, 9.17) is 16.3 Å². The second-order valence-corrected chi connectivity index (χ2v) is 5.24. The number of pyridine rings is 1. The van der Waals surface area contributed by atoms with E-state index in [0.29, 0.717) is 24.0 Å². The third-order valence-corrected chi connectivity index (χ3v) is 3.84. The second kappa shape index (κ2) is 6.90. The van der Waals surface area contributed by atoms with Crippen molar-refractivity contribution < 1.29 is 9.53 Å². The number of halogens is 1. The van der Waals surface area contributed by atoms with Gasteiger partial charge in [0.2, 0.25) is 5.88 Å². The number of aromatic nitrogens is 1. The number of hydrogen-bond acceptors (Lipinski definition) is 4. The van der Waals surface area contributed by atoms with Crippen LogP contribution in [-0.2, 0) is 0 Å². The summed E-state index contributed by atoms with van der Waals surface area (Å²) in [6.07, 6.45) is 2.33. The molecule has 1 aliphatic rings. The van der Waals surface area contributed by atoms with Gasteiger partial charge in [0, 0.05) is 24.2 Å². The molecule has 0 aliphatic carbocycles. The molecule has 0 bridgehead atoms. The molecule has 20 heavy (non-hydrogen) atoms. The van der Waals surface area contributed by atoms with Crippen LogP contribution in [0.5, 0.6) is 5.88 Å². The Balaban J connectivity index is 1.96. The van der Waals surface area contributed by atoms with E-state index in [0.717, 1.165) is 19.5 Å². The Morgan fingerprint density at radius 2 is 2.40 bits per heavy atom. The van der Waals surface area contributed by atoms with E-state index in [1.54, 1.807) is 12.1 Å². The Morgan fingerprint density at radius 1 is 1.60 bits per heavy atom. The molecule has 1 amide bonds. The van der Waals surface area contributed by atoms with Gasteiger partial charge in [-0.2, -0.15) is 0 Å². The molecule has 1 atom stereocenters. The molecule has 1 aliphatic heterocycles. The van der Waals surface area contributed by atoms with Gasteiger partial charge < -0.3 is 10.1 Å². The lowest BCUT2D eigenvalue weighted by Crippen LogP contribution is -2.40. The summed E-state index contributed by atoms with van der Waals surface area (Å²) < 4.78 is 5.01. The van der Waals surface area contributed by atoms with E-state index in [9.17, 15) is 4.79 Å². The van der Waals surface area contributed by atoms with E-state index in [1.807, 2.05) is 0 Å². The number of ether oxygens (including phenoxy) is 1. The van der Waals surface area contributed by atoms with Crippen molar-refractivity contribution in [1.82, 2.24) is 15.2 Å². The van der Waals surface area contributed by atoms with Crippen molar-refractivity contribution in [3.8, 4) is 5.88 Å². The maximum absolute atomic E-state index is 12.1. The standard InChI is InChI=1S/C14H20ClN3O2/c1-3-18-6-4-5-11(18)9-16-14(19)10-7-12(15)17-13(8-10)20-2/h7-8,11H,3-6,9H2,1-2H3,(H,16,19). The van der Waals surface area contributed by atoms with Gasteiger partial charge in [0.1, 0.15) is 5.15 Å². The van der Waals surface area contributed by atoms with Gasteiger partial charge in [-0.3, -0.25) is 9.69 Å². The number of carbonyl (C=O) groups is 1. The zero-order chi connectivity index (χ0) is 14.5. The van der Waals surface area contributed by atoms with Crippen molar-refractivity contribution in [3.63, 3.8) is 0 Å². The van der Waals surface area contributed by atoms with Crippen molar-refractivity contribution in [3.05, 3.63) is 22.8 Å². The van der Waals surface area contributed by atoms with Gasteiger partial charge in [0.05, 0.1) is 7.11 Å². The Morgan fingerprint density at radius 3 is 3.10 bits per heavy atom. The first-order chi connectivity index (χ1) is 9.63. The number of rotatable bonds is 5. The molecule has 0 saturated carbocycles. The third-order valence-electron chi connectivity index (χ3n) is 3.65. The number of likely N-dealkylation sites (N-methyl/N-ethyl adjacent to an activating group) is 1. The fraction of sp³-hybridized carbons (Fsp3) is 0.571. The predicted molar refractivity (Wildman–Crippen MR) is 78.4 cm³/mol. The highest BCUT2D eigenvalue weighted by Crippen LogP contribution is 2.17. The Hall–Kier alpha value is -1.33. The van der Waals surface area contributed by atoms with Crippen LogP contribution in [0.3, 0.4) is 0 Å². The van der Waals surface area contributed by atoms with Crippen LogP contribution in [0.25, 0.3) is 0 Å². The van der Waals surface area contributed by atoms with E-state index in [2.05, 4.69) is 22.1 Å². The fourth-order valence-corrected chi connectivity index (χ4v) is 2.76. The summed E-state index contributed by atoms with van der Waals surface area (Å²) in [5.74, 6) is 0.203. The van der Waals surface area contributed by atoms with Gasteiger partial charge in [0.15, 0.2) is 0 Å². The van der Waals surface area contributed by atoms with Gasteiger partial charge >= 0.3 is 0 Å². The number of likely N-dealkylation sites (tertiary alicyclic amines) is 1. The van der Waals surface area contributed by atoms with Gasteiger partial charge in [-0.1, -0.05) is 18.5 Å². The summed E-state index contributed by atoms with van der Waals surface area (Å²) in [5.41, 5.74) is 0.475. The molecule has 5 nitrogen and oxygen atoms in total. The summed E-state index contributed by atoms with van der Waals surface area (Å²) in [4.78, 5) is 18.5. The van der Waals surface area contributed by atoms with E-state index in [-0.39, 0.29) is 11.1 Å². The molecule has 0 radical (unpaired) electrons. The minimum atomic E-state index is -0.143. The Labute approximate surface area is 124 Å². The van der Waals surface area contributed by atoms with Crippen LogP contribution in [0, 0.1) is 0 Å². The molecule has 1 aromatic rings. The maximum Gasteiger partial charge on any atom is 0.251 e. The molecule has 1 fully saturated rings. The Bertz CT molecular complexity index is 481. The lowest BCUT2D eigenvalue weighted by molar-refractivity contribution is 0.0941. The highest BCUT2D eigenvalue weighted by molar-refractivity contribution is 6.29. The third kappa shape index (κ3) is 3.61. The topological polar surface area (TPSA) is 54.5 Å². The first-order valence-electron chi connectivity index (χ1n) is 6.88. The molecule has 2 heterocycles. The highest BCUT2D eigenvalue weighted by atomic mass is 35.5. The van der Waals surface area contributed by atoms with Crippen LogP contribution >= 0.6 is 11.6 Å². The zero-order valence-corrected chi connectivity index (χ0v) is 12.6. The molecule has 1 unspecified atom stereocenters. The van der Waals surface area contributed by atoms with Crippen molar-refractivity contribution >= 4 is 17.5 Å². The van der Waals surface area contributed by atoms with Crippen molar-refractivity contribution in [1.29, 1.82) is 0 Å². The quantitative estimate of drug-likeness (QED) is 0.844. The lowest BCUT2D eigenvalue weighted by Gasteiger charge is -2.22. The van der Waals surface area contributed by atoms with Crippen LogP contribution in [0.15, 0.2) is 12.1 Å². The fourth-order valence-electron chi connectivity index (χ4n) is 2.56. The van der Waals surface area contributed by atoms with Crippen molar-refractivity contribution in [2.45, 2.75) is 25.8 Å². The number of carbonyl (C=O) groups excluding carboxylic acids is 1. The van der Waals surface area contributed by atoms with Crippen LogP contribution < -0.4 is 10.1 Å². The molecule has 2 rings (SSSR count). The van der Waals surface area contributed by atoms with Crippen molar-refractivity contribution in [2.24, 2.45) is 0 Å². The molecule has 0 spiro atoms. The van der Waals surface area contributed by atoms with Crippen LogP contribution in [0.4, 0.5) is 0 Å². The summed E-state index contributed by atoms with van der Waals surface area (Å²) in [7, 11) is 1.50. The SMILES string of the molecule is CCN1CCCC1CNC(=O)c1cc(Cl)nc(OC)c1. The average Bonchev–Trinajstić information content (AvgIpc) is 2.91. The average molecular weight is 298 g/mol. The molecule has 0 aromatic carbocycles. The molecule has 110 valence electrons. The zero-order valence-electron chi connectivity index (χ0n) is 11.9. The van der Waals surface area contributed by atoms with Crippen LogP contribution in [-0.4, -0.2) is 48.6 Å². The lowest BCUT2D eigenvalue weighted by atomic mass is 10.2. The molecule has 1 aromatic heterocycles. The van der Waals surface area contributed by atoms with Gasteiger partial charge in [-0.25, -0.2) is 4.98 Å². The van der Waals surface area contributed by atoms with Gasteiger partial charge in [0.25, 0.3) is 5.91 Å². The number of nitrogens with one attached hydrogen (secondary N) is 1. The molecule has 6 heteroatoms. The minimum absolute atomic E-state index is 0.143. The summed E-state index contributed by atoms with van der Waals surface area (Å²) in [6, 6.07) is 3.57. The first-order valence-corrected chi connectivity index (χ1v) is 7.25. The Kier molecular flexibility index (Phi) is 5.20. The number of methoxy groups -OCH3 is 1. The highest BCUT2D eigenvalue weighted by Gasteiger charge is 2.23.